The molecular weight excluding hydrogens is 461 g/mol. The van der Waals surface area contributed by atoms with Crippen molar-refractivity contribution in [2.75, 3.05) is 4.93 Å². The van der Waals surface area contributed by atoms with Gasteiger partial charge in [-0.05, 0) is 0 Å². The van der Waals surface area contributed by atoms with Crippen LogP contribution in [0.1, 0.15) is 20.3 Å². The summed E-state index contributed by atoms with van der Waals surface area (Å²) in [6.07, 6.45) is -15.5. The van der Waals surface area contributed by atoms with Crippen LogP contribution in [0, 0.1) is 0 Å². The maximum absolute atomic E-state index is 12.7. The van der Waals surface area contributed by atoms with Crippen molar-refractivity contribution in [2.24, 2.45) is 0 Å². The van der Waals surface area contributed by atoms with Crippen molar-refractivity contribution < 1.29 is 62.2 Å². The number of rotatable bonds is 6. The van der Waals surface area contributed by atoms with E-state index in [2.05, 4.69) is 10.6 Å². The summed E-state index contributed by atoms with van der Waals surface area (Å²) >= 11 is -0.787. The first-order valence-electron chi connectivity index (χ1n) is 6.77. The second kappa shape index (κ2) is 5.58. The van der Waals surface area contributed by atoms with E-state index in [4.69, 9.17) is 9.84 Å². The number of carbonyl (C=O) groups excluding carboxylic acids is 1. The summed E-state index contributed by atoms with van der Waals surface area (Å²) in [6.45, 7) is 2.45. The Morgan fingerprint density at radius 1 is 1.25 bits per heavy atom. The molecule has 0 bridgehead atoms. The van der Waals surface area contributed by atoms with Gasteiger partial charge in [-0.15, -0.1) is 0 Å². The predicted molar refractivity (Wildman–Crippen MR) is 64.4 cm³/mol. The molecule has 0 aliphatic carbocycles. The van der Waals surface area contributed by atoms with Crippen LogP contribution in [0.15, 0.2) is 0 Å². The Balaban J connectivity index is 2.09. The fourth-order valence-electron chi connectivity index (χ4n) is 2.44. The fourth-order valence-corrected chi connectivity index (χ4v) is 4.49. The molecule has 2 unspecified atom stereocenters. The fraction of sp³-hybridized carbons (Fsp3) is 0.917. The third-order valence-corrected chi connectivity index (χ3v) is 7.79. The van der Waals surface area contributed by atoms with Crippen molar-refractivity contribution in [3.8, 4) is 0 Å². The van der Waals surface area contributed by atoms with Gasteiger partial charge in [0.15, 0.2) is 0 Å². The molecule has 2 heterocycles. The van der Waals surface area contributed by atoms with E-state index in [0.717, 1.165) is 6.92 Å². The molecule has 5 nitrogen and oxygen atoms in total. The van der Waals surface area contributed by atoms with E-state index in [1.54, 1.807) is 11.9 Å². The van der Waals surface area contributed by atoms with Crippen LogP contribution in [-0.4, -0.2) is 55.3 Å². The topological polar surface area (TPSA) is 90.4 Å². The predicted octanol–water partition coefficient (Wildman–Crippen LogP) is -2.13. The molecule has 2 aliphatic rings. The molecule has 0 spiro atoms. The van der Waals surface area contributed by atoms with Crippen LogP contribution in [0.25, 0.3) is 0 Å². The normalized spacial score (nSPS) is 30.3. The minimum absolute atomic E-state index is 0.0766. The molecule has 0 aromatic heterocycles. The molecule has 12 heteroatoms. The molecule has 3 N–H and O–H groups in total. The molecule has 0 radical (unpaired) electrons. The molecular formula is C12H16F6IN2O3-. The number of hydrogen-bond donors (Lipinski definition) is 3. The van der Waals surface area contributed by atoms with Gasteiger partial charge in [0.05, 0.1) is 0 Å². The number of nitrogens with one attached hydrogen (secondary N) is 2. The van der Waals surface area contributed by atoms with Gasteiger partial charge in [0.1, 0.15) is 0 Å². The van der Waals surface area contributed by atoms with Gasteiger partial charge in [-0.2, -0.15) is 0 Å². The first kappa shape index (κ1) is 20.0. The third kappa shape index (κ3) is 2.88. The molecule has 142 valence electrons. The molecule has 0 saturated carbocycles. The number of fused-ring (bicyclic) bond motifs is 1. The summed E-state index contributed by atoms with van der Waals surface area (Å²) in [6, 6.07) is 0. The van der Waals surface area contributed by atoms with Gasteiger partial charge in [-0.25, -0.2) is 0 Å². The van der Waals surface area contributed by atoms with Gasteiger partial charge in [0.25, 0.3) is 0 Å². The minimum atomic E-state index is -5.94. The van der Waals surface area contributed by atoms with Gasteiger partial charge >= 0.3 is 143 Å². The van der Waals surface area contributed by atoms with Crippen molar-refractivity contribution >= 4 is 5.97 Å². The number of carbonyl (C=O) groups is 1. The Labute approximate surface area is 143 Å². The summed E-state index contributed by atoms with van der Waals surface area (Å²) in [5.74, 6) is -0.878. The molecule has 0 amide bonds. The summed E-state index contributed by atoms with van der Waals surface area (Å²) in [5.41, 5.74) is -5.59. The van der Waals surface area contributed by atoms with Gasteiger partial charge in [-0.1, -0.05) is 0 Å². The average molecular weight is 477 g/mol. The molecule has 2 saturated heterocycles. The van der Waals surface area contributed by atoms with Crippen LogP contribution in [0.4, 0.5) is 26.3 Å². The molecule has 2 rings (SSSR count). The molecule has 24 heavy (non-hydrogen) atoms. The van der Waals surface area contributed by atoms with Gasteiger partial charge in [-0.3, -0.25) is 0 Å². The molecule has 2 aliphatic heterocycles. The van der Waals surface area contributed by atoms with Crippen LogP contribution < -0.4 is 31.8 Å². The second-order valence-electron chi connectivity index (χ2n) is 6.00. The summed E-state index contributed by atoms with van der Waals surface area (Å²) in [4.78, 5) is 14.0. The van der Waals surface area contributed by atoms with Gasteiger partial charge in [0, 0.05) is 0 Å². The summed E-state index contributed by atoms with van der Waals surface area (Å²) in [5, 5.41) is 15.1. The Morgan fingerprint density at radius 3 is 1.96 bits per heavy atom. The summed E-state index contributed by atoms with van der Waals surface area (Å²) < 4.78 is 79.9. The maximum atomic E-state index is 12.7. The zero-order valence-corrected chi connectivity index (χ0v) is 14.9. The Bertz CT molecular complexity index is 520. The van der Waals surface area contributed by atoms with Crippen LogP contribution in [0.5, 0.6) is 0 Å². The van der Waals surface area contributed by atoms with E-state index in [1.165, 1.54) is 0 Å². The van der Waals surface area contributed by atoms with E-state index < -0.39 is 66.7 Å². The number of halogens is 7. The third-order valence-electron chi connectivity index (χ3n) is 4.34. The number of hydrogen-bond acceptors (Lipinski definition) is 5. The van der Waals surface area contributed by atoms with Crippen molar-refractivity contribution in [1.82, 2.24) is 10.6 Å². The first-order chi connectivity index (χ1) is 10.6. The standard InChI is InChI=1S/C12H16F6IN2O3/c1-5(4-9(23,11(13,14)15)12(16,17)18)24-7(22)8(2,19-3)10-6(20-10)21-10/h5-6,20-21,23H,4H2,1-3H3/q-1. The van der Waals surface area contributed by atoms with Crippen LogP contribution in [0.3, 0.4) is 0 Å². The van der Waals surface area contributed by atoms with E-state index in [0.29, 0.717) is 0 Å². The van der Waals surface area contributed by atoms with E-state index in [-0.39, 0.29) is 6.17 Å². The number of ether oxygens (including phenoxy) is 1. The Morgan fingerprint density at radius 2 is 1.67 bits per heavy atom. The SMILES string of the molecule is C[I-]C(C)(C(=O)OC(C)CC(O)(C(F)(F)F)C(F)(F)F)C12NC1N2. The summed E-state index contributed by atoms with van der Waals surface area (Å²) in [7, 11) is 0. The Hall–Kier alpha value is -0.340. The van der Waals surface area contributed by atoms with Crippen molar-refractivity contribution in [3.63, 3.8) is 0 Å². The zero-order valence-electron chi connectivity index (χ0n) is 12.8. The monoisotopic (exact) mass is 477 g/mol. The van der Waals surface area contributed by atoms with Crippen LogP contribution >= 0.6 is 0 Å². The van der Waals surface area contributed by atoms with Gasteiger partial charge < -0.3 is 0 Å². The Kier molecular flexibility index (Phi) is 4.64. The molecule has 2 fully saturated rings. The first-order valence-corrected chi connectivity index (χ1v) is 10.0. The number of aliphatic hydroxyl groups is 1. The van der Waals surface area contributed by atoms with Crippen molar-refractivity contribution in [1.29, 1.82) is 0 Å². The molecule has 2 atom stereocenters. The zero-order chi connectivity index (χ0) is 18.8. The van der Waals surface area contributed by atoms with E-state index >= 15 is 0 Å². The van der Waals surface area contributed by atoms with Crippen LogP contribution in [0.2, 0.25) is 0 Å². The van der Waals surface area contributed by atoms with Crippen molar-refractivity contribution in [2.45, 2.75) is 59.6 Å². The number of esters is 1. The number of alkyl halides is 8. The van der Waals surface area contributed by atoms with Crippen molar-refractivity contribution in [3.05, 3.63) is 0 Å². The van der Waals surface area contributed by atoms with E-state index in [1.807, 2.05) is 0 Å². The molecule has 0 aromatic carbocycles. The second-order valence-corrected chi connectivity index (χ2v) is 9.23. The average Bonchev–Trinajstić information content (AvgIpc) is 3.23. The van der Waals surface area contributed by atoms with Crippen LogP contribution in [-0.2, 0) is 9.53 Å². The quantitative estimate of drug-likeness (QED) is 0.134. The van der Waals surface area contributed by atoms with Gasteiger partial charge in [0.2, 0.25) is 0 Å². The van der Waals surface area contributed by atoms with E-state index in [9.17, 15) is 31.1 Å². The molecule has 0 aromatic rings.